The van der Waals surface area contributed by atoms with Gasteiger partial charge in [0.05, 0.1) is 24.0 Å². The molecule has 1 aromatic rings. The molecule has 8 nitrogen and oxygen atoms in total. The summed E-state index contributed by atoms with van der Waals surface area (Å²) in [6.07, 6.45) is 1.75. The number of hydrogen-bond acceptors (Lipinski definition) is 5. The molecule has 0 bridgehead atoms. The number of hydrogen-bond donors (Lipinski definition) is 2. The number of nitrogens with zero attached hydrogens (tertiary/aromatic N) is 3. The minimum Gasteiger partial charge on any atom is -0.481 e. The molecule has 8 heteroatoms. The summed E-state index contributed by atoms with van der Waals surface area (Å²) >= 11 is 0. The Bertz CT molecular complexity index is 609. The summed E-state index contributed by atoms with van der Waals surface area (Å²) in [6.45, 7) is 0. The number of nitrogens with one attached hydrogen (secondary N) is 1. The van der Waals surface area contributed by atoms with Crippen molar-refractivity contribution < 1.29 is 19.5 Å². The van der Waals surface area contributed by atoms with Gasteiger partial charge in [-0.1, -0.05) is 0 Å². The first kappa shape index (κ1) is 14.6. The first-order chi connectivity index (χ1) is 9.95. The van der Waals surface area contributed by atoms with E-state index in [9.17, 15) is 14.4 Å². The average molecular weight is 290 g/mol. The summed E-state index contributed by atoms with van der Waals surface area (Å²) in [5, 5.41) is 16.3. The molecule has 0 saturated carbocycles. The van der Waals surface area contributed by atoms with Gasteiger partial charge in [-0.25, -0.2) is 5.01 Å². The molecule has 0 radical (unpaired) electrons. The number of aliphatic carboxylic acids is 1. The third-order valence-electron chi connectivity index (χ3n) is 2.88. The van der Waals surface area contributed by atoms with E-state index in [-0.39, 0.29) is 24.5 Å². The van der Waals surface area contributed by atoms with Crippen LogP contribution in [-0.2, 0) is 20.8 Å². The molecule has 2 heterocycles. The van der Waals surface area contributed by atoms with Crippen molar-refractivity contribution in [3.05, 3.63) is 24.0 Å². The van der Waals surface area contributed by atoms with Gasteiger partial charge in [-0.2, -0.15) is 5.10 Å². The Morgan fingerprint density at radius 2 is 2.14 bits per heavy atom. The van der Waals surface area contributed by atoms with E-state index in [1.54, 1.807) is 6.07 Å². The molecule has 110 valence electrons. The first-order valence-corrected chi connectivity index (χ1v) is 6.28. The number of rotatable bonds is 4. The highest BCUT2D eigenvalue weighted by molar-refractivity contribution is 6.43. The highest BCUT2D eigenvalue weighted by Gasteiger charge is 2.21. The van der Waals surface area contributed by atoms with E-state index in [2.05, 4.69) is 15.4 Å². The molecule has 0 unspecified atom stereocenters. The molecule has 2 rings (SSSR count). The molecular weight excluding hydrogens is 276 g/mol. The van der Waals surface area contributed by atoms with Gasteiger partial charge in [0.1, 0.15) is 5.71 Å². The van der Waals surface area contributed by atoms with E-state index >= 15 is 0 Å². The van der Waals surface area contributed by atoms with Crippen molar-refractivity contribution in [2.24, 2.45) is 5.10 Å². The van der Waals surface area contributed by atoms with E-state index in [0.717, 1.165) is 5.01 Å². The number of carboxylic acids is 1. The molecule has 1 aromatic heterocycles. The Kier molecular flexibility index (Phi) is 4.27. The van der Waals surface area contributed by atoms with Gasteiger partial charge in [-0.15, -0.1) is 0 Å². The van der Waals surface area contributed by atoms with Crippen LogP contribution in [0.25, 0.3) is 0 Å². The average Bonchev–Trinajstić information content (AvgIpc) is 2.43. The van der Waals surface area contributed by atoms with Crippen LogP contribution in [0, 0.1) is 0 Å². The Hall–Kier alpha value is -2.77. The number of pyridine rings is 1. The second-order valence-corrected chi connectivity index (χ2v) is 4.53. The van der Waals surface area contributed by atoms with E-state index in [4.69, 9.17) is 5.11 Å². The van der Waals surface area contributed by atoms with Crippen LogP contribution in [-0.4, -0.2) is 45.6 Å². The summed E-state index contributed by atoms with van der Waals surface area (Å²) in [5.41, 5.74) is 1.11. The number of hydrazone groups is 1. The molecule has 0 aliphatic carbocycles. The number of carbonyl (C=O) groups excluding carboxylic acids is 2. The van der Waals surface area contributed by atoms with Crippen molar-refractivity contribution in [3.63, 3.8) is 0 Å². The maximum absolute atomic E-state index is 12.0. The number of amides is 2. The van der Waals surface area contributed by atoms with Crippen LogP contribution in [0.2, 0.25) is 0 Å². The molecule has 21 heavy (non-hydrogen) atoms. The van der Waals surface area contributed by atoms with Crippen LogP contribution in [0.1, 0.15) is 18.5 Å². The van der Waals surface area contributed by atoms with Gasteiger partial charge in [0.15, 0.2) is 0 Å². The molecule has 0 fully saturated rings. The third kappa shape index (κ3) is 3.85. The molecule has 1 aliphatic heterocycles. The molecule has 0 atom stereocenters. The van der Waals surface area contributed by atoms with Crippen molar-refractivity contribution in [2.45, 2.75) is 19.3 Å². The quantitative estimate of drug-likeness (QED) is 0.825. The SMILES string of the molecule is CN1N=C(C(=O)Nc2ccc(CC(=O)O)nc2)CCC1=O. The minimum atomic E-state index is -0.969. The predicted molar refractivity (Wildman–Crippen MR) is 73.6 cm³/mol. The van der Waals surface area contributed by atoms with Gasteiger partial charge in [0.25, 0.3) is 5.91 Å². The van der Waals surface area contributed by atoms with Crippen LogP contribution in [0.3, 0.4) is 0 Å². The van der Waals surface area contributed by atoms with Gasteiger partial charge in [-0.05, 0) is 12.1 Å². The lowest BCUT2D eigenvalue weighted by molar-refractivity contribution is -0.136. The van der Waals surface area contributed by atoms with Crippen LogP contribution < -0.4 is 5.32 Å². The zero-order chi connectivity index (χ0) is 15.4. The fourth-order valence-electron chi connectivity index (χ4n) is 1.79. The van der Waals surface area contributed by atoms with Gasteiger partial charge in [0, 0.05) is 19.9 Å². The Morgan fingerprint density at radius 3 is 2.71 bits per heavy atom. The monoisotopic (exact) mass is 290 g/mol. The van der Waals surface area contributed by atoms with Crippen molar-refractivity contribution in [3.8, 4) is 0 Å². The van der Waals surface area contributed by atoms with Gasteiger partial charge in [0.2, 0.25) is 5.91 Å². The summed E-state index contributed by atoms with van der Waals surface area (Å²) < 4.78 is 0. The fourth-order valence-corrected chi connectivity index (χ4v) is 1.79. The van der Waals surface area contributed by atoms with Crippen molar-refractivity contribution in [1.82, 2.24) is 9.99 Å². The lowest BCUT2D eigenvalue weighted by atomic mass is 10.1. The molecule has 0 aromatic carbocycles. The molecule has 2 N–H and O–H groups in total. The van der Waals surface area contributed by atoms with Gasteiger partial charge < -0.3 is 10.4 Å². The highest BCUT2D eigenvalue weighted by atomic mass is 16.4. The van der Waals surface area contributed by atoms with E-state index in [1.807, 2.05) is 0 Å². The maximum Gasteiger partial charge on any atom is 0.309 e. The predicted octanol–water partition coefficient (Wildman–Crippen LogP) is 0.255. The van der Waals surface area contributed by atoms with Crippen LogP contribution >= 0.6 is 0 Å². The Labute approximate surface area is 120 Å². The maximum atomic E-state index is 12.0. The topological polar surface area (TPSA) is 112 Å². The first-order valence-electron chi connectivity index (χ1n) is 6.28. The highest BCUT2D eigenvalue weighted by Crippen LogP contribution is 2.11. The van der Waals surface area contributed by atoms with Crippen molar-refractivity contribution in [2.75, 3.05) is 12.4 Å². The van der Waals surface area contributed by atoms with Crippen LogP contribution in [0.15, 0.2) is 23.4 Å². The third-order valence-corrected chi connectivity index (χ3v) is 2.88. The summed E-state index contributed by atoms with van der Waals surface area (Å²) in [4.78, 5) is 37.7. The molecule has 0 saturated heterocycles. The smallest absolute Gasteiger partial charge is 0.309 e. The number of aromatic nitrogens is 1. The molecule has 2 amide bonds. The summed E-state index contributed by atoms with van der Waals surface area (Å²) in [7, 11) is 1.50. The number of carbonyl (C=O) groups is 3. The number of anilines is 1. The normalized spacial score (nSPS) is 14.6. The van der Waals surface area contributed by atoms with Crippen LogP contribution in [0.5, 0.6) is 0 Å². The van der Waals surface area contributed by atoms with Crippen molar-refractivity contribution >= 4 is 29.2 Å². The fraction of sp³-hybridized carbons (Fsp3) is 0.308. The van der Waals surface area contributed by atoms with E-state index in [1.165, 1.54) is 19.3 Å². The van der Waals surface area contributed by atoms with Crippen molar-refractivity contribution in [1.29, 1.82) is 0 Å². The largest absolute Gasteiger partial charge is 0.481 e. The second-order valence-electron chi connectivity index (χ2n) is 4.53. The van der Waals surface area contributed by atoms with Gasteiger partial charge in [-0.3, -0.25) is 19.4 Å². The molecular formula is C13H14N4O4. The lowest BCUT2D eigenvalue weighted by Crippen LogP contribution is -2.34. The lowest BCUT2D eigenvalue weighted by Gasteiger charge is -2.18. The molecule has 0 spiro atoms. The second kappa shape index (κ2) is 6.12. The molecule has 1 aliphatic rings. The Balaban J connectivity index is 2.01. The zero-order valence-corrected chi connectivity index (χ0v) is 11.4. The van der Waals surface area contributed by atoms with Crippen LogP contribution in [0.4, 0.5) is 5.69 Å². The zero-order valence-electron chi connectivity index (χ0n) is 11.4. The van der Waals surface area contributed by atoms with Gasteiger partial charge >= 0.3 is 5.97 Å². The summed E-state index contributed by atoms with van der Waals surface area (Å²) in [5.74, 6) is -1.50. The standard InChI is InChI=1S/C13H14N4O4/c1-17-11(18)5-4-10(16-17)13(21)15-9-3-2-8(14-7-9)6-12(19)20/h2-3,7H,4-6H2,1H3,(H,15,21)(H,19,20). The van der Waals surface area contributed by atoms with E-state index < -0.39 is 11.9 Å². The minimum absolute atomic E-state index is 0.133. The Morgan fingerprint density at radius 1 is 1.38 bits per heavy atom. The summed E-state index contributed by atoms with van der Waals surface area (Å²) in [6, 6.07) is 3.10. The number of carboxylic acid groups (broad SMARTS) is 1. The van der Waals surface area contributed by atoms with E-state index in [0.29, 0.717) is 17.8 Å².